The first-order valence-electron chi connectivity index (χ1n) is 11.2. The molecular formula is C27H35NO5. The van der Waals surface area contributed by atoms with Gasteiger partial charge in [0, 0.05) is 28.3 Å². The van der Waals surface area contributed by atoms with Gasteiger partial charge in [0.1, 0.15) is 11.5 Å². The number of carboxylic acid groups (broad SMARTS) is 1. The van der Waals surface area contributed by atoms with Crippen LogP contribution in [-0.4, -0.2) is 30.7 Å². The molecule has 2 aromatic carbocycles. The first kappa shape index (κ1) is 26.0. The van der Waals surface area contributed by atoms with Crippen molar-refractivity contribution in [1.82, 2.24) is 0 Å². The van der Waals surface area contributed by atoms with Crippen molar-refractivity contribution in [2.75, 3.05) is 19.0 Å². The molecule has 0 fully saturated rings. The molecule has 33 heavy (non-hydrogen) atoms. The monoisotopic (exact) mass is 453 g/mol. The van der Waals surface area contributed by atoms with Gasteiger partial charge in [0.2, 0.25) is 5.91 Å². The lowest BCUT2D eigenvalue weighted by molar-refractivity contribution is -0.132. The quantitative estimate of drug-likeness (QED) is 0.321. The third kappa shape index (κ3) is 7.38. The van der Waals surface area contributed by atoms with E-state index < -0.39 is 11.4 Å². The Balaban J connectivity index is 1.99. The number of amides is 1. The maximum atomic E-state index is 12.9. The van der Waals surface area contributed by atoms with E-state index in [9.17, 15) is 14.7 Å². The molecule has 6 nitrogen and oxygen atoms in total. The summed E-state index contributed by atoms with van der Waals surface area (Å²) in [6.45, 7) is 10.2. The van der Waals surface area contributed by atoms with Gasteiger partial charge in [0.05, 0.1) is 13.7 Å². The van der Waals surface area contributed by atoms with Crippen LogP contribution in [0.5, 0.6) is 11.5 Å². The van der Waals surface area contributed by atoms with Gasteiger partial charge in [-0.05, 0) is 68.5 Å². The Kier molecular flexibility index (Phi) is 9.09. The van der Waals surface area contributed by atoms with Gasteiger partial charge >= 0.3 is 5.97 Å². The molecule has 0 saturated heterocycles. The first-order valence-corrected chi connectivity index (χ1v) is 11.2. The molecule has 0 saturated carbocycles. The third-order valence-electron chi connectivity index (χ3n) is 5.64. The number of hydrogen-bond acceptors (Lipinski definition) is 4. The molecule has 0 aliphatic heterocycles. The summed E-state index contributed by atoms with van der Waals surface area (Å²) in [5.74, 6) is 0.326. The fourth-order valence-electron chi connectivity index (χ4n) is 3.38. The highest BCUT2D eigenvalue weighted by atomic mass is 16.5. The lowest BCUT2D eigenvalue weighted by Crippen LogP contribution is -2.31. The standard InChI is InChI=1S/C27H35NO5/c1-7-20(25(29)30)16-21-11-12-22(17-24(21)32-6)28-26(31)27(4,5)13-8-14-33-23-15-18(2)9-10-19(23)3/h9-12,15-17H,7-8,13-14H2,1-6H3,(H,28,31)(H,29,30)/b20-16+. The van der Waals surface area contributed by atoms with E-state index in [0.717, 1.165) is 23.3 Å². The summed E-state index contributed by atoms with van der Waals surface area (Å²) in [5, 5.41) is 12.2. The summed E-state index contributed by atoms with van der Waals surface area (Å²) in [5.41, 5.74) is 3.20. The Hall–Kier alpha value is -3.28. The van der Waals surface area contributed by atoms with Crippen LogP contribution in [0.1, 0.15) is 56.7 Å². The SMILES string of the molecule is CC/C(=C\c1ccc(NC(=O)C(C)(C)CCCOc2cc(C)ccc2C)cc1OC)C(=O)O. The second-order valence-corrected chi connectivity index (χ2v) is 8.84. The second kappa shape index (κ2) is 11.5. The minimum absolute atomic E-state index is 0.0978. The van der Waals surface area contributed by atoms with Crippen LogP contribution in [0.2, 0.25) is 0 Å². The number of methoxy groups -OCH3 is 1. The summed E-state index contributed by atoms with van der Waals surface area (Å²) in [6, 6.07) is 11.3. The average molecular weight is 454 g/mol. The van der Waals surface area contributed by atoms with E-state index in [0.29, 0.717) is 36.4 Å². The number of carboxylic acids is 1. The molecule has 0 radical (unpaired) electrons. The van der Waals surface area contributed by atoms with Crippen molar-refractivity contribution in [3.05, 3.63) is 58.7 Å². The number of carbonyl (C=O) groups is 2. The Morgan fingerprint density at radius 3 is 2.45 bits per heavy atom. The Bertz CT molecular complexity index is 1020. The summed E-state index contributed by atoms with van der Waals surface area (Å²) in [6.07, 6.45) is 3.40. The van der Waals surface area contributed by atoms with E-state index >= 15 is 0 Å². The molecule has 6 heteroatoms. The van der Waals surface area contributed by atoms with Crippen molar-refractivity contribution in [3.8, 4) is 11.5 Å². The molecule has 178 valence electrons. The van der Waals surface area contributed by atoms with E-state index in [4.69, 9.17) is 9.47 Å². The number of anilines is 1. The summed E-state index contributed by atoms with van der Waals surface area (Å²) >= 11 is 0. The van der Waals surface area contributed by atoms with Crippen LogP contribution in [0, 0.1) is 19.3 Å². The first-order chi connectivity index (χ1) is 15.6. The van der Waals surface area contributed by atoms with Crippen molar-refractivity contribution in [2.45, 2.75) is 53.9 Å². The van der Waals surface area contributed by atoms with Crippen LogP contribution in [0.15, 0.2) is 42.0 Å². The molecular weight excluding hydrogens is 418 g/mol. The van der Waals surface area contributed by atoms with Gasteiger partial charge < -0.3 is 19.9 Å². The molecule has 0 heterocycles. The zero-order valence-corrected chi connectivity index (χ0v) is 20.5. The van der Waals surface area contributed by atoms with Crippen LogP contribution < -0.4 is 14.8 Å². The fourth-order valence-corrected chi connectivity index (χ4v) is 3.38. The van der Waals surface area contributed by atoms with Crippen LogP contribution >= 0.6 is 0 Å². The third-order valence-corrected chi connectivity index (χ3v) is 5.64. The van der Waals surface area contributed by atoms with Crippen LogP contribution in [0.3, 0.4) is 0 Å². The number of aryl methyl sites for hydroxylation is 2. The van der Waals surface area contributed by atoms with Crippen molar-refractivity contribution < 1.29 is 24.2 Å². The van der Waals surface area contributed by atoms with Gasteiger partial charge in [-0.3, -0.25) is 4.79 Å². The van der Waals surface area contributed by atoms with Gasteiger partial charge in [-0.25, -0.2) is 4.79 Å². The number of hydrogen-bond donors (Lipinski definition) is 2. The van der Waals surface area contributed by atoms with Gasteiger partial charge in [-0.15, -0.1) is 0 Å². The van der Waals surface area contributed by atoms with E-state index in [2.05, 4.69) is 11.4 Å². The van der Waals surface area contributed by atoms with E-state index in [-0.39, 0.29) is 11.5 Å². The molecule has 0 spiro atoms. The van der Waals surface area contributed by atoms with E-state index in [1.54, 1.807) is 31.2 Å². The minimum atomic E-state index is -0.958. The normalized spacial score (nSPS) is 11.8. The number of carbonyl (C=O) groups excluding carboxylic acids is 1. The van der Waals surface area contributed by atoms with Crippen LogP contribution in [-0.2, 0) is 9.59 Å². The molecule has 2 N–H and O–H groups in total. The largest absolute Gasteiger partial charge is 0.496 e. The maximum absolute atomic E-state index is 12.9. The van der Waals surface area contributed by atoms with Crippen molar-refractivity contribution in [1.29, 1.82) is 0 Å². The van der Waals surface area contributed by atoms with E-state index in [1.807, 2.05) is 39.8 Å². The highest BCUT2D eigenvalue weighted by Gasteiger charge is 2.27. The molecule has 0 aliphatic rings. The minimum Gasteiger partial charge on any atom is -0.496 e. The molecule has 2 aromatic rings. The second-order valence-electron chi connectivity index (χ2n) is 8.84. The lowest BCUT2D eigenvalue weighted by atomic mass is 9.87. The smallest absolute Gasteiger partial charge is 0.331 e. The summed E-state index contributed by atoms with van der Waals surface area (Å²) in [4.78, 5) is 24.2. The number of aliphatic carboxylic acids is 1. The van der Waals surface area contributed by atoms with Crippen LogP contribution in [0.25, 0.3) is 6.08 Å². The Morgan fingerprint density at radius 2 is 1.82 bits per heavy atom. The number of nitrogens with one attached hydrogen (secondary N) is 1. The van der Waals surface area contributed by atoms with E-state index in [1.165, 1.54) is 7.11 Å². The van der Waals surface area contributed by atoms with Crippen molar-refractivity contribution in [3.63, 3.8) is 0 Å². The molecule has 0 aliphatic carbocycles. The predicted molar refractivity (Wildman–Crippen MR) is 132 cm³/mol. The fraction of sp³-hybridized carbons (Fsp3) is 0.407. The van der Waals surface area contributed by atoms with Gasteiger partial charge in [0.25, 0.3) is 0 Å². The van der Waals surface area contributed by atoms with Crippen LogP contribution in [0.4, 0.5) is 5.69 Å². The lowest BCUT2D eigenvalue weighted by Gasteiger charge is -2.24. The van der Waals surface area contributed by atoms with Gasteiger partial charge in [-0.1, -0.05) is 32.9 Å². The Labute approximate surface area is 196 Å². The number of benzene rings is 2. The zero-order valence-electron chi connectivity index (χ0n) is 20.5. The molecule has 1 amide bonds. The summed E-state index contributed by atoms with van der Waals surface area (Å²) < 4.78 is 11.3. The van der Waals surface area contributed by atoms with Crippen molar-refractivity contribution in [2.24, 2.45) is 5.41 Å². The zero-order chi connectivity index (χ0) is 24.6. The molecule has 2 rings (SSSR count). The highest BCUT2D eigenvalue weighted by Crippen LogP contribution is 2.29. The Morgan fingerprint density at radius 1 is 1.09 bits per heavy atom. The molecule has 0 bridgehead atoms. The van der Waals surface area contributed by atoms with Gasteiger partial charge in [0.15, 0.2) is 0 Å². The van der Waals surface area contributed by atoms with Crippen molar-refractivity contribution >= 4 is 23.6 Å². The topological polar surface area (TPSA) is 84.9 Å². The highest BCUT2D eigenvalue weighted by molar-refractivity contribution is 5.96. The molecule has 0 aromatic heterocycles. The number of ether oxygens (including phenoxy) is 2. The predicted octanol–water partition coefficient (Wildman–Crippen LogP) is 6.01. The maximum Gasteiger partial charge on any atom is 0.331 e. The summed E-state index contributed by atoms with van der Waals surface area (Å²) in [7, 11) is 1.52. The number of rotatable bonds is 11. The average Bonchev–Trinajstić information content (AvgIpc) is 2.77. The molecule has 0 atom stereocenters. The molecule has 0 unspecified atom stereocenters. The van der Waals surface area contributed by atoms with Gasteiger partial charge in [-0.2, -0.15) is 0 Å².